The van der Waals surface area contributed by atoms with E-state index in [0.717, 1.165) is 5.56 Å². The van der Waals surface area contributed by atoms with Crippen molar-refractivity contribution in [3.8, 4) is 0 Å². The molecule has 8 nitrogen and oxygen atoms in total. The Balaban J connectivity index is 1.77. The van der Waals surface area contributed by atoms with E-state index >= 15 is 0 Å². The van der Waals surface area contributed by atoms with Crippen LogP contribution in [0.1, 0.15) is 49.3 Å². The number of carboxylic acid groups (broad SMARTS) is 1. The Morgan fingerprint density at radius 3 is 2.39 bits per heavy atom. The van der Waals surface area contributed by atoms with Crippen LogP contribution in [0, 0.1) is 0 Å². The standard InChI is InChI=1S/C23H26BClN2O6/c1-22(2)23(3,4)33-24(32-22)17(10-16-11-18(25)19(20(28)29)26-12-16)13-27-21(30)31-14-15-8-6-5-7-9-15/h5-12H,13-14H2,1-4H3,(H,27,30)(H,28,29). The van der Waals surface area contributed by atoms with Crippen molar-refractivity contribution >= 4 is 36.9 Å². The molecule has 10 heteroatoms. The molecule has 3 rings (SSSR count). The highest BCUT2D eigenvalue weighted by molar-refractivity contribution is 6.56. The topological polar surface area (TPSA) is 107 Å². The Morgan fingerprint density at radius 1 is 1.18 bits per heavy atom. The average molecular weight is 473 g/mol. The van der Waals surface area contributed by atoms with Gasteiger partial charge in [0.05, 0.1) is 16.2 Å². The van der Waals surface area contributed by atoms with Crippen molar-refractivity contribution in [3.05, 3.63) is 69.9 Å². The lowest BCUT2D eigenvalue weighted by Gasteiger charge is -2.32. The fourth-order valence-corrected chi connectivity index (χ4v) is 3.30. The SMILES string of the molecule is CC1(C)OB(C(=Cc2cnc(C(=O)O)c(Cl)c2)CNC(=O)OCc2ccccc2)OC1(C)C. The molecule has 1 saturated heterocycles. The zero-order valence-corrected chi connectivity index (χ0v) is 19.7. The Labute approximate surface area is 198 Å². The van der Waals surface area contributed by atoms with Gasteiger partial charge in [-0.05, 0) is 50.4 Å². The largest absolute Gasteiger partial charge is 0.492 e. The van der Waals surface area contributed by atoms with Crippen LogP contribution in [-0.4, -0.2) is 47.0 Å². The summed E-state index contributed by atoms with van der Waals surface area (Å²) < 4.78 is 17.5. The van der Waals surface area contributed by atoms with Crippen molar-refractivity contribution in [2.45, 2.75) is 45.5 Å². The number of alkyl carbamates (subject to hydrolysis) is 1. The number of nitrogens with zero attached hydrogens (tertiary/aromatic N) is 1. The minimum Gasteiger partial charge on any atom is -0.476 e. The van der Waals surface area contributed by atoms with E-state index < -0.39 is 30.4 Å². The summed E-state index contributed by atoms with van der Waals surface area (Å²) in [6.45, 7) is 7.90. The first-order chi connectivity index (χ1) is 15.5. The molecular formula is C23H26BClN2O6. The van der Waals surface area contributed by atoms with Gasteiger partial charge in [-0.25, -0.2) is 14.6 Å². The van der Waals surface area contributed by atoms with Crippen molar-refractivity contribution in [1.82, 2.24) is 10.3 Å². The summed E-state index contributed by atoms with van der Waals surface area (Å²) in [5, 5.41) is 11.9. The van der Waals surface area contributed by atoms with Crippen LogP contribution < -0.4 is 5.32 Å². The summed E-state index contributed by atoms with van der Waals surface area (Å²) in [7, 11) is -0.748. The van der Waals surface area contributed by atoms with Crippen LogP contribution >= 0.6 is 11.6 Å². The number of hydrogen-bond acceptors (Lipinski definition) is 6. The molecule has 33 heavy (non-hydrogen) atoms. The average Bonchev–Trinajstić information content (AvgIpc) is 2.97. The summed E-state index contributed by atoms with van der Waals surface area (Å²) in [6.07, 6.45) is 2.48. The van der Waals surface area contributed by atoms with Crippen LogP contribution in [0.15, 0.2) is 48.1 Å². The van der Waals surface area contributed by atoms with Gasteiger partial charge >= 0.3 is 19.2 Å². The quantitative estimate of drug-likeness (QED) is 0.576. The Hall–Kier alpha value is -2.88. The molecule has 0 spiro atoms. The highest BCUT2D eigenvalue weighted by atomic mass is 35.5. The number of aromatic nitrogens is 1. The van der Waals surface area contributed by atoms with Crippen LogP contribution in [0.5, 0.6) is 0 Å². The number of aromatic carboxylic acids is 1. The number of pyridine rings is 1. The maximum absolute atomic E-state index is 12.3. The first-order valence-corrected chi connectivity index (χ1v) is 10.8. The van der Waals surface area contributed by atoms with Crippen molar-refractivity contribution < 1.29 is 28.7 Å². The zero-order valence-electron chi connectivity index (χ0n) is 18.9. The molecule has 0 aliphatic carbocycles. The van der Waals surface area contributed by atoms with Gasteiger partial charge in [0.15, 0.2) is 5.69 Å². The maximum atomic E-state index is 12.3. The van der Waals surface area contributed by atoms with E-state index in [4.69, 9.17) is 30.8 Å². The smallest absolute Gasteiger partial charge is 0.476 e. The first kappa shape index (κ1) is 24.8. The van der Waals surface area contributed by atoms with Crippen LogP contribution in [0.2, 0.25) is 5.02 Å². The van der Waals surface area contributed by atoms with E-state index in [0.29, 0.717) is 11.0 Å². The molecule has 1 amide bonds. The number of halogens is 1. The predicted molar refractivity (Wildman–Crippen MR) is 125 cm³/mol. The van der Waals surface area contributed by atoms with Crippen molar-refractivity contribution in [3.63, 3.8) is 0 Å². The van der Waals surface area contributed by atoms with Gasteiger partial charge in [-0.2, -0.15) is 0 Å². The van der Waals surface area contributed by atoms with Crippen molar-refractivity contribution in [2.75, 3.05) is 6.54 Å². The summed E-state index contributed by atoms with van der Waals surface area (Å²) in [5.41, 5.74) is 0.573. The van der Waals surface area contributed by atoms with Gasteiger partial charge in [0.1, 0.15) is 6.61 Å². The predicted octanol–water partition coefficient (Wildman–Crippen LogP) is 4.37. The number of carbonyl (C=O) groups is 2. The number of hydrogen-bond donors (Lipinski definition) is 2. The Kier molecular flexibility index (Phi) is 7.46. The van der Waals surface area contributed by atoms with E-state index in [9.17, 15) is 9.59 Å². The van der Waals surface area contributed by atoms with E-state index in [1.54, 1.807) is 6.08 Å². The lowest BCUT2D eigenvalue weighted by molar-refractivity contribution is 0.00578. The number of nitrogens with one attached hydrogen (secondary N) is 1. The van der Waals surface area contributed by atoms with E-state index in [-0.39, 0.29) is 23.9 Å². The molecule has 0 radical (unpaired) electrons. The molecular weight excluding hydrogens is 447 g/mol. The van der Waals surface area contributed by atoms with Gasteiger partial charge in [-0.15, -0.1) is 0 Å². The van der Waals surface area contributed by atoms with Crippen molar-refractivity contribution in [1.29, 1.82) is 0 Å². The summed E-state index contributed by atoms with van der Waals surface area (Å²) in [4.78, 5) is 27.4. The molecule has 1 aliphatic rings. The molecule has 1 aromatic heterocycles. The minimum absolute atomic E-state index is 0.000233. The number of carboxylic acids is 1. The Morgan fingerprint density at radius 2 is 1.82 bits per heavy atom. The summed E-state index contributed by atoms with van der Waals surface area (Å²) in [6, 6.07) is 10.8. The normalized spacial score (nSPS) is 17.0. The second-order valence-corrected chi connectivity index (χ2v) is 9.03. The third-order valence-electron chi connectivity index (χ3n) is 5.62. The summed E-state index contributed by atoms with van der Waals surface area (Å²) >= 11 is 6.06. The molecule has 2 aromatic rings. The lowest BCUT2D eigenvalue weighted by atomic mass is 9.77. The highest BCUT2D eigenvalue weighted by Gasteiger charge is 2.52. The third-order valence-corrected chi connectivity index (χ3v) is 5.91. The number of carbonyl (C=O) groups excluding carboxylic acids is 1. The maximum Gasteiger partial charge on any atom is 0.492 e. The van der Waals surface area contributed by atoms with Crippen LogP contribution in [0.4, 0.5) is 4.79 Å². The molecule has 1 fully saturated rings. The molecule has 0 atom stereocenters. The van der Waals surface area contributed by atoms with Crippen LogP contribution in [0.25, 0.3) is 6.08 Å². The van der Waals surface area contributed by atoms with Gasteiger partial charge in [0.25, 0.3) is 0 Å². The van der Waals surface area contributed by atoms with Crippen LogP contribution in [-0.2, 0) is 20.7 Å². The van der Waals surface area contributed by atoms with Gasteiger partial charge in [-0.1, -0.05) is 48.0 Å². The monoisotopic (exact) mass is 472 g/mol. The summed E-state index contributed by atoms with van der Waals surface area (Å²) in [5.74, 6) is -1.22. The molecule has 0 saturated carbocycles. The molecule has 0 unspecified atom stereocenters. The van der Waals surface area contributed by atoms with Gasteiger partial charge in [0, 0.05) is 12.7 Å². The van der Waals surface area contributed by atoms with E-state index in [2.05, 4.69) is 10.3 Å². The zero-order chi connectivity index (χ0) is 24.2. The first-order valence-electron chi connectivity index (χ1n) is 10.4. The highest BCUT2D eigenvalue weighted by Crippen LogP contribution is 2.38. The van der Waals surface area contributed by atoms with Gasteiger partial charge in [0.2, 0.25) is 0 Å². The third kappa shape index (κ3) is 6.13. The molecule has 2 heterocycles. The number of amides is 1. The molecule has 1 aliphatic heterocycles. The number of ether oxygens (including phenoxy) is 1. The second-order valence-electron chi connectivity index (χ2n) is 8.63. The number of rotatable bonds is 7. The lowest BCUT2D eigenvalue weighted by Crippen LogP contribution is -2.41. The molecule has 174 valence electrons. The number of benzene rings is 1. The van der Waals surface area contributed by atoms with Gasteiger partial charge in [-0.3, -0.25) is 0 Å². The van der Waals surface area contributed by atoms with Crippen LogP contribution in [0.3, 0.4) is 0 Å². The van der Waals surface area contributed by atoms with E-state index in [1.807, 2.05) is 58.0 Å². The van der Waals surface area contributed by atoms with Crippen molar-refractivity contribution in [2.24, 2.45) is 0 Å². The fraction of sp³-hybridized carbons (Fsp3) is 0.348. The van der Waals surface area contributed by atoms with Gasteiger partial charge < -0.3 is 24.5 Å². The minimum atomic E-state index is -1.22. The van der Waals surface area contributed by atoms with E-state index in [1.165, 1.54) is 12.3 Å². The fourth-order valence-electron chi connectivity index (χ4n) is 3.05. The second kappa shape index (κ2) is 9.95. The molecule has 1 aromatic carbocycles. The Bertz CT molecular complexity index is 1040. The molecule has 0 bridgehead atoms. The molecule has 2 N–H and O–H groups in total.